The van der Waals surface area contributed by atoms with Gasteiger partial charge in [0.05, 0.1) is 6.04 Å². The molecule has 0 aromatic heterocycles. The Morgan fingerprint density at radius 2 is 2.00 bits per heavy atom. The average molecular weight is 286 g/mol. The molecule has 2 atom stereocenters. The van der Waals surface area contributed by atoms with Crippen LogP contribution in [-0.2, 0) is 0 Å². The molecule has 0 saturated carbocycles. The minimum absolute atomic E-state index is 0.153. The van der Waals surface area contributed by atoms with Crippen molar-refractivity contribution < 1.29 is 13.5 Å². The van der Waals surface area contributed by atoms with Gasteiger partial charge in [-0.2, -0.15) is 8.78 Å². The summed E-state index contributed by atoms with van der Waals surface area (Å²) in [6.07, 6.45) is 1.07. The summed E-state index contributed by atoms with van der Waals surface area (Å²) >= 11 is 1.69. The summed E-state index contributed by atoms with van der Waals surface area (Å²) in [7, 11) is 0. The Morgan fingerprint density at radius 1 is 1.32 bits per heavy atom. The van der Waals surface area contributed by atoms with Crippen molar-refractivity contribution in [3.05, 3.63) is 24.3 Å². The fourth-order valence-electron chi connectivity index (χ4n) is 1.91. The van der Waals surface area contributed by atoms with Crippen molar-refractivity contribution in [2.24, 2.45) is 4.99 Å². The molecule has 0 amide bonds. The van der Waals surface area contributed by atoms with Crippen molar-refractivity contribution in [1.29, 1.82) is 0 Å². The number of thioether (sulfide) groups is 1. The van der Waals surface area contributed by atoms with Crippen LogP contribution in [0.3, 0.4) is 0 Å². The molecule has 104 valence electrons. The number of alkyl halides is 2. The first-order valence-corrected chi connectivity index (χ1v) is 6.97. The number of benzene rings is 1. The Bertz CT molecular complexity index is 450. The monoisotopic (exact) mass is 286 g/mol. The van der Waals surface area contributed by atoms with Gasteiger partial charge in [-0.3, -0.25) is 4.99 Å². The first-order valence-electron chi connectivity index (χ1n) is 6.09. The highest BCUT2D eigenvalue weighted by atomic mass is 32.2. The molecule has 0 fully saturated rings. The minimum Gasteiger partial charge on any atom is -0.435 e. The van der Waals surface area contributed by atoms with Gasteiger partial charge < -0.3 is 10.1 Å². The van der Waals surface area contributed by atoms with Crippen molar-refractivity contribution in [1.82, 2.24) is 0 Å². The zero-order valence-electron chi connectivity index (χ0n) is 10.8. The molecular weight excluding hydrogens is 270 g/mol. The molecule has 0 aliphatic carbocycles. The predicted molar refractivity (Wildman–Crippen MR) is 75.3 cm³/mol. The highest BCUT2D eigenvalue weighted by molar-refractivity contribution is 8.14. The standard InChI is InChI=1S/C13H16F2N2OS/c1-8-7-9(2)19-13(16-8)17-10-3-5-11(6-4-10)18-12(14)15/h3-6,8-9,12H,7H2,1-2H3,(H,16,17). The molecule has 0 spiro atoms. The number of aliphatic imine (C=N–C) groups is 1. The van der Waals surface area contributed by atoms with Gasteiger partial charge in [-0.1, -0.05) is 18.7 Å². The van der Waals surface area contributed by atoms with E-state index in [1.807, 2.05) is 0 Å². The first-order chi connectivity index (χ1) is 9.02. The van der Waals surface area contributed by atoms with Crippen LogP contribution in [-0.4, -0.2) is 23.1 Å². The number of nitrogens with one attached hydrogen (secondary N) is 1. The minimum atomic E-state index is -2.79. The Labute approximate surface area is 115 Å². The van der Waals surface area contributed by atoms with Gasteiger partial charge in [0.25, 0.3) is 0 Å². The van der Waals surface area contributed by atoms with Gasteiger partial charge in [-0.15, -0.1) is 0 Å². The lowest BCUT2D eigenvalue weighted by molar-refractivity contribution is -0.0498. The second-order valence-electron chi connectivity index (χ2n) is 4.48. The van der Waals surface area contributed by atoms with E-state index in [4.69, 9.17) is 0 Å². The molecule has 1 aromatic carbocycles. The fourth-order valence-corrected chi connectivity index (χ4v) is 3.08. The van der Waals surface area contributed by atoms with Crippen LogP contribution in [0, 0.1) is 0 Å². The zero-order valence-corrected chi connectivity index (χ0v) is 11.6. The van der Waals surface area contributed by atoms with Crippen molar-refractivity contribution in [3.8, 4) is 5.75 Å². The lowest BCUT2D eigenvalue weighted by Crippen LogP contribution is -2.22. The molecule has 1 aliphatic rings. The van der Waals surface area contributed by atoms with Gasteiger partial charge in [-0.25, -0.2) is 0 Å². The molecule has 6 heteroatoms. The van der Waals surface area contributed by atoms with E-state index in [2.05, 4.69) is 28.9 Å². The van der Waals surface area contributed by atoms with E-state index in [1.165, 1.54) is 12.1 Å². The summed E-state index contributed by atoms with van der Waals surface area (Å²) in [5.41, 5.74) is 0.814. The molecule has 1 heterocycles. The second kappa shape index (κ2) is 6.23. The number of ether oxygens (including phenoxy) is 1. The number of hydrogen-bond donors (Lipinski definition) is 1. The third kappa shape index (κ3) is 4.38. The quantitative estimate of drug-likeness (QED) is 0.912. The molecule has 0 bridgehead atoms. The summed E-state index contributed by atoms with van der Waals surface area (Å²) in [6.45, 7) is 1.45. The summed E-state index contributed by atoms with van der Waals surface area (Å²) < 4.78 is 28.3. The van der Waals surface area contributed by atoms with E-state index in [9.17, 15) is 8.78 Å². The van der Waals surface area contributed by atoms with E-state index in [0.29, 0.717) is 11.3 Å². The van der Waals surface area contributed by atoms with Crippen LogP contribution in [0.4, 0.5) is 14.5 Å². The molecule has 3 nitrogen and oxygen atoms in total. The number of halogens is 2. The lowest BCUT2D eigenvalue weighted by Gasteiger charge is -2.23. The molecule has 19 heavy (non-hydrogen) atoms. The van der Waals surface area contributed by atoms with E-state index in [0.717, 1.165) is 17.3 Å². The van der Waals surface area contributed by atoms with Crippen LogP contribution >= 0.6 is 11.8 Å². The van der Waals surface area contributed by atoms with Crippen LogP contribution in [0.25, 0.3) is 0 Å². The summed E-state index contributed by atoms with van der Waals surface area (Å²) in [6, 6.07) is 6.72. The highest BCUT2D eigenvalue weighted by Gasteiger charge is 2.18. The number of amidine groups is 1. The topological polar surface area (TPSA) is 33.6 Å². The maximum atomic E-state index is 12.0. The average Bonchev–Trinajstić information content (AvgIpc) is 2.29. The zero-order chi connectivity index (χ0) is 13.8. The number of anilines is 1. The molecule has 0 radical (unpaired) electrons. The smallest absolute Gasteiger partial charge is 0.387 e. The van der Waals surface area contributed by atoms with Crippen LogP contribution in [0.2, 0.25) is 0 Å². The molecule has 0 saturated heterocycles. The van der Waals surface area contributed by atoms with Crippen molar-refractivity contribution in [2.75, 3.05) is 5.32 Å². The van der Waals surface area contributed by atoms with Gasteiger partial charge in [0.1, 0.15) is 5.75 Å². The van der Waals surface area contributed by atoms with Crippen molar-refractivity contribution >= 4 is 22.6 Å². The van der Waals surface area contributed by atoms with Gasteiger partial charge >= 0.3 is 6.61 Å². The third-order valence-electron chi connectivity index (χ3n) is 2.65. The Hall–Kier alpha value is -1.30. The second-order valence-corrected chi connectivity index (χ2v) is 5.90. The molecule has 2 rings (SSSR count). The van der Waals surface area contributed by atoms with Crippen molar-refractivity contribution in [3.63, 3.8) is 0 Å². The SMILES string of the molecule is CC1CC(C)SC(Nc2ccc(OC(F)F)cc2)=N1. The molecular formula is C13H16F2N2OS. The molecule has 1 N–H and O–H groups in total. The van der Waals surface area contributed by atoms with E-state index in [1.54, 1.807) is 23.9 Å². The maximum absolute atomic E-state index is 12.0. The lowest BCUT2D eigenvalue weighted by atomic mass is 10.2. The number of nitrogens with zero attached hydrogens (tertiary/aromatic N) is 1. The fraction of sp³-hybridized carbons (Fsp3) is 0.462. The highest BCUT2D eigenvalue weighted by Crippen LogP contribution is 2.26. The molecule has 2 unspecified atom stereocenters. The van der Waals surface area contributed by atoms with Gasteiger partial charge in [-0.05, 0) is 37.6 Å². The van der Waals surface area contributed by atoms with Crippen LogP contribution < -0.4 is 10.1 Å². The first kappa shape index (κ1) is 14.1. The number of hydrogen-bond acceptors (Lipinski definition) is 4. The summed E-state index contributed by atoms with van der Waals surface area (Å²) in [5, 5.41) is 4.59. The maximum Gasteiger partial charge on any atom is 0.387 e. The Morgan fingerprint density at radius 3 is 2.58 bits per heavy atom. The van der Waals surface area contributed by atoms with Crippen LogP contribution in [0.1, 0.15) is 20.3 Å². The van der Waals surface area contributed by atoms with E-state index < -0.39 is 6.61 Å². The normalized spacial score (nSPS) is 23.1. The third-order valence-corrected chi connectivity index (χ3v) is 3.68. The summed E-state index contributed by atoms with van der Waals surface area (Å²) in [4.78, 5) is 4.52. The van der Waals surface area contributed by atoms with Gasteiger partial charge in [0, 0.05) is 10.9 Å². The van der Waals surface area contributed by atoms with Crippen LogP contribution in [0.15, 0.2) is 29.3 Å². The van der Waals surface area contributed by atoms with Crippen molar-refractivity contribution in [2.45, 2.75) is 38.2 Å². The van der Waals surface area contributed by atoms with Gasteiger partial charge in [0.2, 0.25) is 0 Å². The largest absolute Gasteiger partial charge is 0.435 e. The van der Waals surface area contributed by atoms with Crippen LogP contribution in [0.5, 0.6) is 5.75 Å². The Kier molecular flexibility index (Phi) is 4.63. The summed E-state index contributed by atoms with van der Waals surface area (Å²) in [5.74, 6) is 0.153. The van der Waals surface area contributed by atoms with E-state index in [-0.39, 0.29) is 5.75 Å². The van der Waals surface area contributed by atoms with Gasteiger partial charge in [0.15, 0.2) is 5.17 Å². The predicted octanol–water partition coefficient (Wildman–Crippen LogP) is 3.97. The van der Waals surface area contributed by atoms with E-state index >= 15 is 0 Å². The molecule has 1 aliphatic heterocycles. The number of rotatable bonds is 3. The Balaban J connectivity index is 1.99. The molecule has 1 aromatic rings.